The molecule has 3 atom stereocenters. The highest BCUT2D eigenvalue weighted by Gasteiger charge is 2.23. The molecule has 0 aromatic heterocycles. The largest absolute Gasteiger partial charge is 0.458 e. The summed E-state index contributed by atoms with van der Waals surface area (Å²) in [6.07, 6.45) is 71.4. The maximum absolute atomic E-state index is 13.2. The van der Waals surface area contributed by atoms with E-state index in [4.69, 9.17) is 4.74 Å². The lowest BCUT2D eigenvalue weighted by Gasteiger charge is -2.23. The van der Waals surface area contributed by atoms with Crippen molar-refractivity contribution in [2.45, 2.75) is 232 Å². The Morgan fingerprint density at radius 1 is 0.477 bits per heavy atom. The number of carbonyl (C=O) groups excluding carboxylic acids is 2. The van der Waals surface area contributed by atoms with Crippen molar-refractivity contribution in [1.82, 2.24) is 5.32 Å². The molecule has 0 spiro atoms. The highest BCUT2D eigenvalue weighted by molar-refractivity contribution is 5.78. The van der Waals surface area contributed by atoms with E-state index in [1.807, 2.05) is 6.08 Å². The number of unbranched alkanes of at least 4 members (excludes halogenated alkanes) is 15. The molecular weight excluding hydrogens is 803 g/mol. The lowest BCUT2D eigenvalue weighted by atomic mass is 10.0. The van der Waals surface area contributed by atoms with Crippen LogP contribution in [-0.4, -0.2) is 46.9 Å². The molecule has 0 aliphatic carbocycles. The summed E-state index contributed by atoms with van der Waals surface area (Å²) in [5, 5.41) is 23.6. The molecule has 65 heavy (non-hydrogen) atoms. The standard InChI is InChI=1S/C59H97NO5/c1-4-7-10-13-16-19-22-24-26-28-29-31-33-35-37-40-43-46-49-52-59(64)65-55(50-47-44-41-38-36-34-32-30-27-25-23-20-17-14-11-8-5-2)53-58(63)60-56(54-61)57(62)51-48-45-42-39-21-18-15-12-9-6-3/h8,11,16-17,19-20,24-27,29,31-32,34-35,37-38,41,47,50,55-57,61-62H,4-7,9-10,12-15,18,21-23,28,30,33,36,39-40,42-46,48-49,51-54H2,1-3H3,(H,60,63)/b11-8-,19-16-,20-17-,26-24-,27-25-,31-29-,34-32-,37-35-,41-38-,50-47-. The second kappa shape index (κ2) is 51.2. The van der Waals surface area contributed by atoms with E-state index >= 15 is 0 Å². The number of hydrogen-bond acceptors (Lipinski definition) is 5. The highest BCUT2D eigenvalue weighted by Crippen LogP contribution is 2.14. The number of aliphatic hydroxyl groups is 2. The van der Waals surface area contributed by atoms with Crippen molar-refractivity contribution in [3.63, 3.8) is 0 Å². The molecule has 0 aromatic rings. The van der Waals surface area contributed by atoms with Crippen LogP contribution in [0, 0.1) is 0 Å². The second-order valence-electron chi connectivity index (χ2n) is 17.2. The van der Waals surface area contributed by atoms with Crippen LogP contribution < -0.4 is 5.32 Å². The summed E-state index contributed by atoms with van der Waals surface area (Å²) < 4.78 is 5.81. The van der Waals surface area contributed by atoms with Gasteiger partial charge in [0.25, 0.3) is 0 Å². The van der Waals surface area contributed by atoms with Crippen molar-refractivity contribution in [2.24, 2.45) is 0 Å². The number of hydrogen-bond donors (Lipinski definition) is 3. The lowest BCUT2D eigenvalue weighted by Crippen LogP contribution is -2.46. The molecule has 0 rings (SSSR count). The van der Waals surface area contributed by atoms with Gasteiger partial charge in [-0.3, -0.25) is 9.59 Å². The van der Waals surface area contributed by atoms with Gasteiger partial charge < -0.3 is 20.3 Å². The maximum atomic E-state index is 13.2. The van der Waals surface area contributed by atoms with Crippen molar-refractivity contribution >= 4 is 11.9 Å². The van der Waals surface area contributed by atoms with Gasteiger partial charge in [0.2, 0.25) is 5.91 Å². The molecule has 3 N–H and O–H groups in total. The number of carbonyl (C=O) groups is 2. The van der Waals surface area contributed by atoms with Gasteiger partial charge in [-0.1, -0.05) is 220 Å². The van der Waals surface area contributed by atoms with Gasteiger partial charge in [0, 0.05) is 6.42 Å². The quantitative estimate of drug-likeness (QED) is 0.0321. The SMILES string of the molecule is CC/C=C\C/C=C\C/C=C\C/C=C\C/C=C\C/C=C\C(CC(=O)NC(CO)C(O)CCCCCCCCCCCC)OC(=O)CCCCC/C=C\C/C=C\C/C=C\C/C=C\CCCCC. The zero-order valence-corrected chi connectivity index (χ0v) is 41.8. The summed E-state index contributed by atoms with van der Waals surface area (Å²) in [5.41, 5.74) is 0. The Kier molecular flexibility index (Phi) is 48.3. The van der Waals surface area contributed by atoms with Crippen LogP contribution in [0.25, 0.3) is 0 Å². The van der Waals surface area contributed by atoms with Gasteiger partial charge in [-0.15, -0.1) is 0 Å². The molecule has 0 aliphatic rings. The van der Waals surface area contributed by atoms with Gasteiger partial charge >= 0.3 is 5.97 Å². The van der Waals surface area contributed by atoms with Crippen molar-refractivity contribution in [2.75, 3.05) is 6.61 Å². The third kappa shape index (κ3) is 46.6. The van der Waals surface area contributed by atoms with Gasteiger partial charge in [-0.05, 0) is 102 Å². The van der Waals surface area contributed by atoms with E-state index in [2.05, 4.69) is 135 Å². The fraction of sp³-hybridized carbons (Fsp3) is 0.627. The van der Waals surface area contributed by atoms with Crippen LogP contribution in [0.3, 0.4) is 0 Å². The van der Waals surface area contributed by atoms with E-state index in [9.17, 15) is 19.8 Å². The smallest absolute Gasteiger partial charge is 0.306 e. The van der Waals surface area contributed by atoms with Crippen LogP contribution in [0.2, 0.25) is 0 Å². The zero-order chi connectivity index (χ0) is 47.4. The number of rotatable bonds is 45. The van der Waals surface area contributed by atoms with Crippen LogP contribution >= 0.6 is 0 Å². The van der Waals surface area contributed by atoms with Gasteiger partial charge in [0.05, 0.1) is 25.2 Å². The summed E-state index contributed by atoms with van der Waals surface area (Å²) >= 11 is 0. The molecule has 6 heteroatoms. The first-order valence-corrected chi connectivity index (χ1v) is 26.3. The molecule has 0 radical (unpaired) electrons. The lowest BCUT2D eigenvalue weighted by molar-refractivity contribution is -0.148. The maximum Gasteiger partial charge on any atom is 0.306 e. The molecule has 368 valence electrons. The van der Waals surface area contributed by atoms with Crippen molar-refractivity contribution in [1.29, 1.82) is 0 Å². The van der Waals surface area contributed by atoms with E-state index in [-0.39, 0.29) is 24.9 Å². The minimum absolute atomic E-state index is 0.0680. The minimum Gasteiger partial charge on any atom is -0.458 e. The Hall–Kier alpha value is -3.74. The van der Waals surface area contributed by atoms with Gasteiger partial charge in [-0.25, -0.2) is 0 Å². The number of esters is 1. The number of aliphatic hydroxyl groups excluding tert-OH is 2. The predicted octanol–water partition coefficient (Wildman–Crippen LogP) is 16.1. The summed E-state index contributed by atoms with van der Waals surface area (Å²) in [6, 6.07) is -0.757. The summed E-state index contributed by atoms with van der Waals surface area (Å²) in [4.78, 5) is 26.1. The molecule has 1 amide bonds. The number of allylic oxidation sites excluding steroid dienone is 19. The van der Waals surface area contributed by atoms with Crippen LogP contribution in [0.4, 0.5) is 0 Å². The van der Waals surface area contributed by atoms with Crippen molar-refractivity contribution in [3.8, 4) is 0 Å². The predicted molar refractivity (Wildman–Crippen MR) is 282 cm³/mol. The van der Waals surface area contributed by atoms with E-state index in [1.165, 1.54) is 70.6 Å². The van der Waals surface area contributed by atoms with Crippen molar-refractivity contribution in [3.05, 3.63) is 122 Å². The summed E-state index contributed by atoms with van der Waals surface area (Å²) in [7, 11) is 0. The highest BCUT2D eigenvalue weighted by atomic mass is 16.5. The van der Waals surface area contributed by atoms with E-state index in [0.29, 0.717) is 19.3 Å². The normalized spacial score (nSPS) is 14.2. The minimum atomic E-state index is -0.832. The van der Waals surface area contributed by atoms with E-state index in [0.717, 1.165) is 96.3 Å². The third-order valence-corrected chi connectivity index (χ3v) is 11.0. The number of nitrogens with one attached hydrogen (secondary N) is 1. The van der Waals surface area contributed by atoms with Crippen molar-refractivity contribution < 1.29 is 24.5 Å². The Morgan fingerprint density at radius 3 is 1.32 bits per heavy atom. The van der Waals surface area contributed by atoms with E-state index in [1.54, 1.807) is 6.08 Å². The average Bonchev–Trinajstić information content (AvgIpc) is 3.30. The average molecular weight is 900 g/mol. The first kappa shape index (κ1) is 61.3. The van der Waals surface area contributed by atoms with Crippen LogP contribution in [0.15, 0.2) is 122 Å². The van der Waals surface area contributed by atoms with Crippen LogP contribution in [0.1, 0.15) is 213 Å². The molecule has 0 saturated carbocycles. The Morgan fingerprint density at radius 2 is 0.862 bits per heavy atom. The van der Waals surface area contributed by atoms with Crippen LogP contribution in [0.5, 0.6) is 0 Å². The monoisotopic (exact) mass is 900 g/mol. The molecule has 0 heterocycles. The van der Waals surface area contributed by atoms with Gasteiger partial charge in [0.15, 0.2) is 0 Å². The fourth-order valence-corrected chi connectivity index (χ4v) is 7.06. The Labute approximate surface area is 400 Å². The second-order valence-corrected chi connectivity index (χ2v) is 17.2. The molecule has 0 aliphatic heterocycles. The zero-order valence-electron chi connectivity index (χ0n) is 41.8. The number of ether oxygens (including phenoxy) is 1. The molecular formula is C59H97NO5. The summed E-state index contributed by atoms with van der Waals surface area (Å²) in [6.45, 7) is 6.27. The fourth-order valence-electron chi connectivity index (χ4n) is 7.06. The molecule has 0 saturated heterocycles. The van der Waals surface area contributed by atoms with Gasteiger partial charge in [-0.2, -0.15) is 0 Å². The topological polar surface area (TPSA) is 95.9 Å². The van der Waals surface area contributed by atoms with Gasteiger partial charge in [0.1, 0.15) is 6.10 Å². The molecule has 0 aromatic carbocycles. The third-order valence-electron chi connectivity index (χ3n) is 11.0. The van der Waals surface area contributed by atoms with Crippen LogP contribution in [-0.2, 0) is 14.3 Å². The number of amides is 1. The van der Waals surface area contributed by atoms with E-state index < -0.39 is 18.2 Å². The first-order chi connectivity index (χ1) is 32.0. The molecule has 6 nitrogen and oxygen atoms in total. The molecule has 0 fully saturated rings. The molecule has 3 unspecified atom stereocenters. The first-order valence-electron chi connectivity index (χ1n) is 26.3. The Bertz CT molecular complexity index is 1380. The molecule has 0 bridgehead atoms. The Balaban J connectivity index is 4.84. The summed E-state index contributed by atoms with van der Waals surface area (Å²) in [5.74, 6) is -0.678.